The molecule has 1 heterocycles. The van der Waals surface area contributed by atoms with Gasteiger partial charge in [0.25, 0.3) is 11.8 Å². The molecular formula is C12H11NO6. The molecule has 1 saturated heterocycles. The van der Waals surface area contributed by atoms with Crippen LogP contribution < -0.4 is 9.47 Å². The van der Waals surface area contributed by atoms with Crippen LogP contribution in [0.1, 0.15) is 12.8 Å². The molecule has 1 fully saturated rings. The van der Waals surface area contributed by atoms with Crippen molar-refractivity contribution in [2.75, 3.05) is 7.11 Å². The van der Waals surface area contributed by atoms with Crippen LogP contribution in [0.25, 0.3) is 0 Å². The first-order valence-electron chi connectivity index (χ1n) is 5.50. The zero-order valence-corrected chi connectivity index (χ0v) is 10.1. The fourth-order valence-electron chi connectivity index (χ4n) is 1.49. The van der Waals surface area contributed by atoms with E-state index in [1.54, 1.807) is 12.1 Å². The Labute approximate surface area is 108 Å². The number of benzene rings is 1. The summed E-state index contributed by atoms with van der Waals surface area (Å²) in [6, 6.07) is 6.17. The molecule has 0 atom stereocenters. The van der Waals surface area contributed by atoms with E-state index >= 15 is 0 Å². The molecule has 7 nitrogen and oxygen atoms in total. The average Bonchev–Trinajstić information content (AvgIpc) is 2.71. The van der Waals surface area contributed by atoms with Gasteiger partial charge in [-0.3, -0.25) is 14.4 Å². The predicted octanol–water partition coefficient (Wildman–Crippen LogP) is 1.27. The average molecular weight is 265 g/mol. The van der Waals surface area contributed by atoms with Gasteiger partial charge in [0.2, 0.25) is 0 Å². The van der Waals surface area contributed by atoms with Crippen molar-refractivity contribution in [1.29, 1.82) is 0 Å². The molecule has 0 spiro atoms. The van der Waals surface area contributed by atoms with E-state index in [1.165, 1.54) is 19.2 Å². The molecule has 0 bridgehead atoms. The van der Waals surface area contributed by atoms with Crippen molar-refractivity contribution >= 4 is 18.0 Å². The Morgan fingerprint density at radius 3 is 2.11 bits per heavy atom. The van der Waals surface area contributed by atoms with Crippen LogP contribution in [-0.2, 0) is 14.4 Å². The second kappa shape index (κ2) is 5.38. The highest BCUT2D eigenvalue weighted by Crippen LogP contribution is 2.18. The zero-order chi connectivity index (χ0) is 13.8. The van der Waals surface area contributed by atoms with Crippen molar-refractivity contribution in [2.24, 2.45) is 0 Å². The van der Waals surface area contributed by atoms with Crippen molar-refractivity contribution in [1.82, 2.24) is 5.06 Å². The van der Waals surface area contributed by atoms with Crippen molar-refractivity contribution in [3.63, 3.8) is 0 Å². The molecule has 0 unspecified atom stereocenters. The molecule has 1 aliphatic rings. The van der Waals surface area contributed by atoms with Gasteiger partial charge < -0.3 is 9.47 Å². The minimum absolute atomic E-state index is 0.0364. The maximum absolute atomic E-state index is 11.4. The van der Waals surface area contributed by atoms with E-state index in [0.29, 0.717) is 10.8 Å². The third kappa shape index (κ3) is 3.01. The SMILES string of the molecule is COc1ccc(OC(=O)ON2C(=O)CCC2=O)cc1. The minimum atomic E-state index is -1.14. The molecule has 7 heteroatoms. The van der Waals surface area contributed by atoms with Gasteiger partial charge in [-0.1, -0.05) is 5.06 Å². The molecule has 100 valence electrons. The standard InChI is InChI=1S/C12H11NO6/c1-17-8-2-4-9(5-3-8)18-12(16)19-13-10(14)6-7-11(13)15/h2-5H,6-7H2,1H3. The van der Waals surface area contributed by atoms with Gasteiger partial charge in [0.1, 0.15) is 11.5 Å². The summed E-state index contributed by atoms with van der Waals surface area (Å²) in [4.78, 5) is 38.4. The van der Waals surface area contributed by atoms with Gasteiger partial charge in [-0.2, -0.15) is 0 Å². The Hall–Kier alpha value is -2.57. The van der Waals surface area contributed by atoms with Gasteiger partial charge in [0.15, 0.2) is 0 Å². The molecule has 0 saturated carbocycles. The van der Waals surface area contributed by atoms with Crippen LogP contribution in [0.3, 0.4) is 0 Å². The lowest BCUT2D eigenvalue weighted by Gasteiger charge is -2.12. The number of amides is 2. The Morgan fingerprint density at radius 1 is 1.05 bits per heavy atom. The number of imide groups is 1. The molecule has 1 aromatic rings. The van der Waals surface area contributed by atoms with Crippen LogP contribution in [0.15, 0.2) is 24.3 Å². The summed E-state index contributed by atoms with van der Waals surface area (Å²) in [5, 5.41) is 0.422. The van der Waals surface area contributed by atoms with Crippen LogP contribution in [0.2, 0.25) is 0 Å². The number of ether oxygens (including phenoxy) is 2. The Kier molecular flexibility index (Phi) is 3.65. The number of carbonyl (C=O) groups is 3. The van der Waals surface area contributed by atoms with Gasteiger partial charge in [0, 0.05) is 12.8 Å². The lowest BCUT2D eigenvalue weighted by atomic mass is 10.3. The van der Waals surface area contributed by atoms with E-state index in [4.69, 9.17) is 9.47 Å². The molecule has 2 rings (SSSR count). The summed E-state index contributed by atoms with van der Waals surface area (Å²) in [6.45, 7) is 0. The number of methoxy groups -OCH3 is 1. The van der Waals surface area contributed by atoms with E-state index in [1.807, 2.05) is 0 Å². The fraction of sp³-hybridized carbons (Fsp3) is 0.250. The minimum Gasteiger partial charge on any atom is -0.497 e. The van der Waals surface area contributed by atoms with Crippen LogP contribution in [0.5, 0.6) is 11.5 Å². The highest BCUT2D eigenvalue weighted by molar-refractivity contribution is 6.01. The van der Waals surface area contributed by atoms with Gasteiger partial charge in [0.05, 0.1) is 7.11 Å². The molecule has 0 aliphatic carbocycles. The number of rotatable bonds is 3. The summed E-state index contributed by atoms with van der Waals surface area (Å²) >= 11 is 0. The van der Waals surface area contributed by atoms with Crippen molar-refractivity contribution in [3.05, 3.63) is 24.3 Å². The second-order valence-electron chi connectivity index (χ2n) is 3.70. The molecule has 19 heavy (non-hydrogen) atoms. The van der Waals surface area contributed by atoms with E-state index in [2.05, 4.69) is 4.84 Å². The monoisotopic (exact) mass is 265 g/mol. The molecule has 1 aromatic carbocycles. The first-order valence-corrected chi connectivity index (χ1v) is 5.50. The first kappa shape index (κ1) is 12.9. The summed E-state index contributed by atoms with van der Waals surface area (Å²) in [5.41, 5.74) is 0. The van der Waals surface area contributed by atoms with Crippen LogP contribution >= 0.6 is 0 Å². The third-order valence-electron chi connectivity index (χ3n) is 2.43. The molecule has 0 radical (unpaired) electrons. The normalized spacial score (nSPS) is 14.5. The van der Waals surface area contributed by atoms with Crippen LogP contribution in [-0.4, -0.2) is 30.1 Å². The molecular weight excluding hydrogens is 254 g/mol. The lowest BCUT2D eigenvalue weighted by molar-refractivity contribution is -0.174. The molecule has 2 amide bonds. The predicted molar refractivity (Wildman–Crippen MR) is 61.2 cm³/mol. The van der Waals surface area contributed by atoms with E-state index < -0.39 is 18.0 Å². The Balaban J connectivity index is 1.93. The molecule has 0 N–H and O–H groups in total. The van der Waals surface area contributed by atoms with E-state index in [-0.39, 0.29) is 18.6 Å². The maximum Gasteiger partial charge on any atom is 0.539 e. The van der Waals surface area contributed by atoms with Gasteiger partial charge in [-0.15, -0.1) is 0 Å². The number of carbonyl (C=O) groups excluding carboxylic acids is 3. The van der Waals surface area contributed by atoms with Crippen LogP contribution in [0.4, 0.5) is 4.79 Å². The van der Waals surface area contributed by atoms with Gasteiger partial charge in [-0.05, 0) is 24.3 Å². The summed E-state index contributed by atoms with van der Waals surface area (Å²) in [6.07, 6.45) is -1.07. The van der Waals surface area contributed by atoms with Gasteiger partial charge in [-0.25, -0.2) is 4.79 Å². The van der Waals surface area contributed by atoms with E-state index in [9.17, 15) is 14.4 Å². The van der Waals surface area contributed by atoms with Crippen molar-refractivity contribution in [2.45, 2.75) is 12.8 Å². The fourth-order valence-corrected chi connectivity index (χ4v) is 1.49. The van der Waals surface area contributed by atoms with Crippen molar-refractivity contribution < 1.29 is 28.7 Å². The maximum atomic E-state index is 11.4. The topological polar surface area (TPSA) is 82.1 Å². The Bertz CT molecular complexity index is 493. The van der Waals surface area contributed by atoms with Gasteiger partial charge >= 0.3 is 6.16 Å². The zero-order valence-electron chi connectivity index (χ0n) is 10.1. The molecule has 0 aromatic heterocycles. The highest BCUT2D eigenvalue weighted by atomic mass is 16.8. The largest absolute Gasteiger partial charge is 0.539 e. The summed E-state index contributed by atoms with van der Waals surface area (Å²) < 4.78 is 9.75. The number of hydrogen-bond acceptors (Lipinski definition) is 6. The highest BCUT2D eigenvalue weighted by Gasteiger charge is 2.33. The third-order valence-corrected chi connectivity index (χ3v) is 2.43. The van der Waals surface area contributed by atoms with Crippen LogP contribution in [0, 0.1) is 0 Å². The summed E-state index contributed by atoms with van der Waals surface area (Å²) in [5.74, 6) is -0.302. The first-order chi connectivity index (χ1) is 9.10. The Morgan fingerprint density at radius 2 is 1.58 bits per heavy atom. The summed E-state index contributed by atoms with van der Waals surface area (Å²) in [7, 11) is 1.51. The molecule has 1 aliphatic heterocycles. The van der Waals surface area contributed by atoms with Crippen molar-refractivity contribution in [3.8, 4) is 11.5 Å². The van der Waals surface area contributed by atoms with E-state index in [0.717, 1.165) is 0 Å². The number of nitrogens with zero attached hydrogens (tertiary/aromatic N) is 1. The smallest absolute Gasteiger partial charge is 0.497 e. The quantitative estimate of drug-likeness (QED) is 0.465. The number of hydrogen-bond donors (Lipinski definition) is 0. The second-order valence-corrected chi connectivity index (χ2v) is 3.70. The lowest BCUT2D eigenvalue weighted by Crippen LogP contribution is -2.33. The number of hydroxylamine groups is 2.